The molecule has 4 heteroatoms. The summed E-state index contributed by atoms with van der Waals surface area (Å²) in [6.45, 7) is 1.71. The molecule has 0 radical (unpaired) electrons. The van der Waals surface area contributed by atoms with E-state index in [4.69, 9.17) is 0 Å². The Morgan fingerprint density at radius 1 is 1.07 bits per heavy atom. The summed E-state index contributed by atoms with van der Waals surface area (Å²) in [6.07, 6.45) is 9.04. The second-order valence-electron chi connectivity index (χ2n) is 3.07. The van der Waals surface area contributed by atoms with Crippen molar-refractivity contribution in [3.05, 3.63) is 53.5 Å². The number of aryl methyl sites for hydroxylation is 2. The molecule has 0 bridgehead atoms. The van der Waals surface area contributed by atoms with E-state index >= 15 is 0 Å². The predicted octanol–water partition coefficient (Wildman–Crippen LogP) is 0.745. The van der Waals surface area contributed by atoms with Crippen LogP contribution >= 0.6 is 0 Å². The first kappa shape index (κ1) is 8.74. The third-order valence-electron chi connectivity index (χ3n) is 2.04. The fraction of sp³-hybridized carbons (Fsp3) is 0.200. The van der Waals surface area contributed by atoms with Crippen molar-refractivity contribution >= 4 is 0 Å². The van der Waals surface area contributed by atoms with Gasteiger partial charge in [0.05, 0.1) is 6.33 Å². The molecule has 2 rings (SSSR count). The maximum absolute atomic E-state index is 10.8. The number of hydrogen-bond donors (Lipinski definition) is 0. The van der Waals surface area contributed by atoms with Crippen LogP contribution in [0.1, 0.15) is 0 Å². The lowest BCUT2D eigenvalue weighted by Crippen LogP contribution is -2.08. The van der Waals surface area contributed by atoms with Gasteiger partial charge in [-0.1, -0.05) is 0 Å². The van der Waals surface area contributed by atoms with Crippen LogP contribution in [0.25, 0.3) is 0 Å². The molecule has 2 aromatic rings. The smallest absolute Gasteiger partial charge is 0.181 e. The van der Waals surface area contributed by atoms with E-state index in [1.54, 1.807) is 37.1 Å². The van der Waals surface area contributed by atoms with Crippen molar-refractivity contribution in [1.29, 1.82) is 0 Å². The SMILES string of the molecule is O=c1ccn(CCn2ccnc2)cc1. The highest BCUT2D eigenvalue weighted by Gasteiger charge is 1.91. The summed E-state index contributed by atoms with van der Waals surface area (Å²) < 4.78 is 3.97. The van der Waals surface area contributed by atoms with Crippen LogP contribution in [0.2, 0.25) is 0 Å². The molecule has 72 valence electrons. The van der Waals surface area contributed by atoms with Crippen molar-refractivity contribution in [1.82, 2.24) is 14.1 Å². The normalized spacial score (nSPS) is 10.3. The quantitative estimate of drug-likeness (QED) is 0.714. The Morgan fingerprint density at radius 2 is 1.79 bits per heavy atom. The molecule has 14 heavy (non-hydrogen) atoms. The van der Waals surface area contributed by atoms with Gasteiger partial charge in [0.25, 0.3) is 0 Å². The third-order valence-corrected chi connectivity index (χ3v) is 2.04. The minimum atomic E-state index is 0.0453. The molecule has 0 spiro atoms. The van der Waals surface area contributed by atoms with Crippen LogP contribution in [-0.4, -0.2) is 14.1 Å². The van der Waals surface area contributed by atoms with Gasteiger partial charge in [0, 0.05) is 50.0 Å². The van der Waals surface area contributed by atoms with Crippen LogP contribution in [0.5, 0.6) is 0 Å². The van der Waals surface area contributed by atoms with E-state index in [-0.39, 0.29) is 5.43 Å². The largest absolute Gasteiger partial charge is 0.352 e. The lowest BCUT2D eigenvalue weighted by atomic mass is 10.4. The van der Waals surface area contributed by atoms with Crippen molar-refractivity contribution in [2.24, 2.45) is 0 Å². The molecule has 0 aliphatic heterocycles. The monoisotopic (exact) mass is 189 g/mol. The third kappa shape index (κ3) is 2.10. The zero-order chi connectivity index (χ0) is 9.80. The Hall–Kier alpha value is -1.84. The highest BCUT2D eigenvalue weighted by Crippen LogP contribution is 1.90. The number of nitrogens with zero attached hydrogens (tertiary/aromatic N) is 3. The maximum atomic E-state index is 10.8. The molecule has 0 amide bonds. The Balaban J connectivity index is 1.99. The molecule has 0 atom stereocenters. The van der Waals surface area contributed by atoms with Gasteiger partial charge in [0.2, 0.25) is 0 Å². The molecule has 0 saturated carbocycles. The zero-order valence-corrected chi connectivity index (χ0v) is 7.71. The number of hydrogen-bond acceptors (Lipinski definition) is 2. The van der Waals surface area contributed by atoms with E-state index in [1.165, 1.54) is 0 Å². The number of rotatable bonds is 3. The van der Waals surface area contributed by atoms with Crippen LogP contribution < -0.4 is 5.43 Å². The number of aromatic nitrogens is 3. The molecule has 4 nitrogen and oxygen atoms in total. The molecule has 0 fully saturated rings. The second-order valence-corrected chi connectivity index (χ2v) is 3.07. The van der Waals surface area contributed by atoms with Gasteiger partial charge in [-0.05, 0) is 0 Å². The Morgan fingerprint density at radius 3 is 2.43 bits per heavy atom. The molecule has 0 N–H and O–H groups in total. The maximum Gasteiger partial charge on any atom is 0.181 e. The van der Waals surface area contributed by atoms with Gasteiger partial charge >= 0.3 is 0 Å². The second kappa shape index (κ2) is 3.91. The summed E-state index contributed by atoms with van der Waals surface area (Å²) in [5.74, 6) is 0. The highest BCUT2D eigenvalue weighted by atomic mass is 16.1. The first-order valence-corrected chi connectivity index (χ1v) is 4.46. The Bertz CT molecular complexity index is 424. The van der Waals surface area contributed by atoms with E-state index < -0.39 is 0 Å². The molecular weight excluding hydrogens is 178 g/mol. The molecular formula is C10H11N3O. The highest BCUT2D eigenvalue weighted by molar-refractivity contribution is 4.93. The van der Waals surface area contributed by atoms with Crippen molar-refractivity contribution in [3.8, 4) is 0 Å². The number of imidazole rings is 1. The van der Waals surface area contributed by atoms with Crippen LogP contribution in [0.3, 0.4) is 0 Å². The molecule has 2 heterocycles. The topological polar surface area (TPSA) is 39.8 Å². The van der Waals surface area contributed by atoms with Gasteiger partial charge in [-0.2, -0.15) is 0 Å². The molecule has 0 saturated heterocycles. The van der Waals surface area contributed by atoms with Gasteiger partial charge in [-0.3, -0.25) is 4.79 Å². The van der Waals surface area contributed by atoms with Gasteiger partial charge in [-0.15, -0.1) is 0 Å². The van der Waals surface area contributed by atoms with Crippen molar-refractivity contribution < 1.29 is 0 Å². The summed E-state index contributed by atoms with van der Waals surface area (Å²) in [6, 6.07) is 3.13. The lowest BCUT2D eigenvalue weighted by molar-refractivity contribution is 0.575. The minimum absolute atomic E-state index is 0.0453. The van der Waals surface area contributed by atoms with Gasteiger partial charge < -0.3 is 9.13 Å². The predicted molar refractivity (Wildman–Crippen MR) is 52.9 cm³/mol. The van der Waals surface area contributed by atoms with E-state index in [1.807, 2.05) is 15.3 Å². The van der Waals surface area contributed by atoms with Gasteiger partial charge in [0.1, 0.15) is 0 Å². The summed E-state index contributed by atoms with van der Waals surface area (Å²) in [4.78, 5) is 14.8. The lowest BCUT2D eigenvalue weighted by Gasteiger charge is -2.05. The van der Waals surface area contributed by atoms with Crippen molar-refractivity contribution in [3.63, 3.8) is 0 Å². The Kier molecular flexibility index (Phi) is 2.44. The van der Waals surface area contributed by atoms with E-state index in [2.05, 4.69) is 4.98 Å². The zero-order valence-electron chi connectivity index (χ0n) is 7.71. The van der Waals surface area contributed by atoms with E-state index in [0.29, 0.717) is 0 Å². The summed E-state index contributed by atoms with van der Waals surface area (Å²) in [5, 5.41) is 0. The van der Waals surface area contributed by atoms with E-state index in [9.17, 15) is 4.79 Å². The average molecular weight is 189 g/mol. The van der Waals surface area contributed by atoms with Crippen molar-refractivity contribution in [2.75, 3.05) is 0 Å². The number of pyridine rings is 1. The van der Waals surface area contributed by atoms with Gasteiger partial charge in [0.15, 0.2) is 5.43 Å². The first-order valence-electron chi connectivity index (χ1n) is 4.46. The minimum Gasteiger partial charge on any atom is -0.352 e. The standard InChI is InChI=1S/C10H11N3O/c14-10-1-4-12(5-2-10)7-8-13-6-3-11-9-13/h1-6,9H,7-8H2. The van der Waals surface area contributed by atoms with Crippen LogP contribution in [-0.2, 0) is 13.1 Å². The fourth-order valence-corrected chi connectivity index (χ4v) is 1.24. The molecule has 2 aromatic heterocycles. The summed E-state index contributed by atoms with van der Waals surface area (Å²) in [5.41, 5.74) is 0.0453. The Labute approximate surface area is 81.4 Å². The molecule has 0 aliphatic carbocycles. The van der Waals surface area contributed by atoms with E-state index in [0.717, 1.165) is 13.1 Å². The van der Waals surface area contributed by atoms with Gasteiger partial charge in [-0.25, -0.2) is 4.98 Å². The average Bonchev–Trinajstić information content (AvgIpc) is 2.70. The fourth-order valence-electron chi connectivity index (χ4n) is 1.24. The summed E-state index contributed by atoms with van der Waals surface area (Å²) >= 11 is 0. The molecule has 0 unspecified atom stereocenters. The van der Waals surface area contributed by atoms with Crippen LogP contribution in [0.4, 0.5) is 0 Å². The summed E-state index contributed by atoms with van der Waals surface area (Å²) in [7, 11) is 0. The van der Waals surface area contributed by atoms with Crippen molar-refractivity contribution in [2.45, 2.75) is 13.1 Å². The molecule has 0 aromatic carbocycles. The van der Waals surface area contributed by atoms with Crippen LogP contribution in [0, 0.1) is 0 Å². The first-order chi connectivity index (χ1) is 6.84. The molecule has 0 aliphatic rings. The van der Waals surface area contributed by atoms with Crippen LogP contribution in [0.15, 0.2) is 48.0 Å².